The number of aliphatic imine (C=N–C) groups is 1. The molecule has 3 aromatic rings. The molecular formula is C30H33N3O4. The third-order valence-electron chi connectivity index (χ3n) is 6.16. The highest BCUT2D eigenvalue weighted by atomic mass is 16.5. The second kappa shape index (κ2) is 12.3. The van der Waals surface area contributed by atoms with Gasteiger partial charge in [-0.05, 0) is 42.3 Å². The van der Waals surface area contributed by atoms with Gasteiger partial charge in [-0.3, -0.25) is 10.2 Å². The monoisotopic (exact) mass is 499 g/mol. The van der Waals surface area contributed by atoms with Crippen molar-refractivity contribution >= 4 is 11.8 Å². The summed E-state index contributed by atoms with van der Waals surface area (Å²) < 4.78 is 12.0. The molecule has 0 aromatic heterocycles. The number of amides is 1. The van der Waals surface area contributed by atoms with E-state index in [2.05, 4.69) is 23.5 Å². The van der Waals surface area contributed by atoms with E-state index in [1.807, 2.05) is 79.7 Å². The van der Waals surface area contributed by atoms with Crippen molar-refractivity contribution in [3.63, 3.8) is 0 Å². The summed E-state index contributed by atoms with van der Waals surface area (Å²) in [6, 6.07) is 25.1. The van der Waals surface area contributed by atoms with Gasteiger partial charge in [0.25, 0.3) is 5.91 Å². The van der Waals surface area contributed by atoms with Crippen molar-refractivity contribution in [2.45, 2.75) is 38.0 Å². The molecular weight excluding hydrogens is 466 g/mol. The molecule has 3 aromatic carbocycles. The van der Waals surface area contributed by atoms with Crippen LogP contribution in [0.1, 0.15) is 41.2 Å². The molecule has 192 valence electrons. The predicted molar refractivity (Wildman–Crippen MR) is 144 cm³/mol. The van der Waals surface area contributed by atoms with E-state index in [9.17, 15) is 4.79 Å². The summed E-state index contributed by atoms with van der Waals surface area (Å²) in [5.41, 5.74) is 8.48. The van der Waals surface area contributed by atoms with Crippen molar-refractivity contribution in [2.75, 3.05) is 13.2 Å². The maximum atomic E-state index is 13.7. The summed E-state index contributed by atoms with van der Waals surface area (Å²) in [6.45, 7) is 6.92. The molecule has 0 spiro atoms. The number of benzene rings is 3. The Morgan fingerprint density at radius 1 is 1.14 bits per heavy atom. The lowest BCUT2D eigenvalue weighted by Crippen LogP contribution is -2.52. The van der Waals surface area contributed by atoms with Crippen molar-refractivity contribution in [3.8, 4) is 5.75 Å². The summed E-state index contributed by atoms with van der Waals surface area (Å²) in [4.78, 5) is 18.6. The molecule has 0 bridgehead atoms. The van der Waals surface area contributed by atoms with Crippen LogP contribution in [0.3, 0.4) is 0 Å². The van der Waals surface area contributed by atoms with E-state index in [1.165, 1.54) is 0 Å². The molecule has 7 nitrogen and oxygen atoms in total. The van der Waals surface area contributed by atoms with E-state index in [-0.39, 0.29) is 18.9 Å². The molecule has 37 heavy (non-hydrogen) atoms. The number of carbonyl (C=O) groups excluding carboxylic acids is 1. The van der Waals surface area contributed by atoms with Gasteiger partial charge in [-0.2, -0.15) is 0 Å². The Morgan fingerprint density at radius 2 is 1.92 bits per heavy atom. The molecule has 1 aliphatic rings. The normalized spacial score (nSPS) is 18.5. The van der Waals surface area contributed by atoms with Gasteiger partial charge in [-0.1, -0.05) is 66.2 Å². The van der Waals surface area contributed by atoms with Crippen LogP contribution in [0.5, 0.6) is 5.75 Å². The number of aliphatic hydroxyl groups excluding tert-OH is 1. The number of aryl methyl sites for hydroxylation is 1. The largest absolute Gasteiger partial charge is 0.494 e. The van der Waals surface area contributed by atoms with Gasteiger partial charge in [0.2, 0.25) is 5.90 Å². The van der Waals surface area contributed by atoms with Crippen LogP contribution in [-0.2, 0) is 16.1 Å². The standard InChI is InChI=1S/C30H33N3O4/c1-3-17-30(29(35)33-31-21-23-10-7-9-22(2)20-23)27(24-11-5-4-6-12-24)37-28(32-30)25-13-15-26(16-14-25)36-19-8-18-34/h3-7,9-16,20,27,31,34H,1,8,17-19,21H2,2H3,(H,33,35)/t27-,30-/m0/s1. The molecule has 0 radical (unpaired) electrons. The molecule has 0 saturated carbocycles. The maximum absolute atomic E-state index is 13.7. The van der Waals surface area contributed by atoms with Crippen molar-refractivity contribution < 1.29 is 19.4 Å². The van der Waals surface area contributed by atoms with Crippen molar-refractivity contribution in [1.82, 2.24) is 10.9 Å². The summed E-state index contributed by atoms with van der Waals surface area (Å²) in [5.74, 6) is 0.769. The Hall–Kier alpha value is -3.94. The lowest BCUT2D eigenvalue weighted by atomic mass is 9.84. The van der Waals surface area contributed by atoms with Gasteiger partial charge in [-0.15, -0.1) is 6.58 Å². The lowest BCUT2D eigenvalue weighted by Gasteiger charge is -2.29. The van der Waals surface area contributed by atoms with E-state index in [1.54, 1.807) is 6.08 Å². The van der Waals surface area contributed by atoms with Gasteiger partial charge in [0, 0.05) is 31.6 Å². The minimum absolute atomic E-state index is 0.0803. The summed E-state index contributed by atoms with van der Waals surface area (Å²) in [6.07, 6.45) is 1.91. The highest BCUT2D eigenvalue weighted by molar-refractivity contribution is 6.01. The molecule has 1 amide bonds. The third-order valence-corrected chi connectivity index (χ3v) is 6.16. The molecule has 0 fully saturated rings. The van der Waals surface area contributed by atoms with Crippen LogP contribution in [0.2, 0.25) is 0 Å². The van der Waals surface area contributed by atoms with Crippen LogP contribution in [0.15, 0.2) is 96.5 Å². The Kier molecular flexibility index (Phi) is 8.72. The average molecular weight is 500 g/mol. The molecule has 1 aliphatic heterocycles. The first-order chi connectivity index (χ1) is 18.1. The zero-order valence-corrected chi connectivity index (χ0v) is 21.0. The minimum Gasteiger partial charge on any atom is -0.494 e. The molecule has 0 saturated heterocycles. The van der Waals surface area contributed by atoms with Gasteiger partial charge >= 0.3 is 0 Å². The second-order valence-corrected chi connectivity index (χ2v) is 8.99. The Bertz CT molecular complexity index is 1230. The number of rotatable bonds is 12. The Labute approximate surface area is 217 Å². The number of hydrazine groups is 1. The fourth-order valence-electron chi connectivity index (χ4n) is 4.32. The summed E-state index contributed by atoms with van der Waals surface area (Å²) in [7, 11) is 0. The number of carbonyl (C=O) groups is 1. The first kappa shape index (κ1) is 26.1. The van der Waals surface area contributed by atoms with Crippen LogP contribution >= 0.6 is 0 Å². The summed E-state index contributed by atoms with van der Waals surface area (Å²) >= 11 is 0. The first-order valence-corrected chi connectivity index (χ1v) is 12.4. The average Bonchev–Trinajstić information content (AvgIpc) is 3.30. The Morgan fingerprint density at radius 3 is 2.62 bits per heavy atom. The predicted octanol–water partition coefficient (Wildman–Crippen LogP) is 4.41. The van der Waals surface area contributed by atoms with E-state index >= 15 is 0 Å². The van der Waals surface area contributed by atoms with Crippen molar-refractivity contribution in [3.05, 3.63) is 114 Å². The molecule has 0 unspecified atom stereocenters. The van der Waals surface area contributed by atoms with Crippen LogP contribution in [0.25, 0.3) is 0 Å². The number of nitrogens with one attached hydrogen (secondary N) is 2. The van der Waals surface area contributed by atoms with E-state index in [0.717, 1.165) is 22.3 Å². The Balaban J connectivity index is 1.59. The van der Waals surface area contributed by atoms with E-state index < -0.39 is 11.6 Å². The van der Waals surface area contributed by atoms with Gasteiger partial charge in [0.1, 0.15) is 5.75 Å². The smallest absolute Gasteiger partial charge is 0.266 e. The van der Waals surface area contributed by atoms with Crippen LogP contribution in [-0.4, -0.2) is 35.7 Å². The topological polar surface area (TPSA) is 92.2 Å². The van der Waals surface area contributed by atoms with Crippen molar-refractivity contribution in [1.29, 1.82) is 0 Å². The number of hydrogen-bond acceptors (Lipinski definition) is 6. The highest BCUT2D eigenvalue weighted by Crippen LogP contribution is 2.42. The molecule has 2 atom stereocenters. The van der Waals surface area contributed by atoms with Gasteiger partial charge in [0.15, 0.2) is 11.6 Å². The first-order valence-electron chi connectivity index (χ1n) is 12.4. The number of ether oxygens (including phenoxy) is 2. The lowest BCUT2D eigenvalue weighted by molar-refractivity contribution is -0.129. The second-order valence-electron chi connectivity index (χ2n) is 8.99. The fraction of sp³-hybridized carbons (Fsp3) is 0.267. The zero-order valence-electron chi connectivity index (χ0n) is 21.0. The van der Waals surface area contributed by atoms with Gasteiger partial charge in [-0.25, -0.2) is 10.4 Å². The quantitative estimate of drug-likeness (QED) is 0.195. The van der Waals surface area contributed by atoms with E-state index in [4.69, 9.17) is 19.6 Å². The van der Waals surface area contributed by atoms with Crippen LogP contribution in [0.4, 0.5) is 0 Å². The molecule has 7 heteroatoms. The fourth-order valence-corrected chi connectivity index (χ4v) is 4.32. The number of aliphatic hydroxyl groups is 1. The minimum atomic E-state index is -1.24. The third kappa shape index (κ3) is 6.25. The molecule has 1 heterocycles. The SMILES string of the molecule is C=CC[C@]1(C(=O)NNCc2cccc(C)c2)N=C(c2ccc(OCCCO)cc2)O[C@H]1c1ccccc1. The van der Waals surface area contributed by atoms with Gasteiger partial charge in [0.05, 0.1) is 6.61 Å². The molecule has 0 aliphatic carbocycles. The van der Waals surface area contributed by atoms with Crippen molar-refractivity contribution in [2.24, 2.45) is 4.99 Å². The molecule has 3 N–H and O–H groups in total. The summed E-state index contributed by atoms with van der Waals surface area (Å²) in [5, 5.41) is 8.95. The number of nitrogens with zero attached hydrogens (tertiary/aromatic N) is 1. The molecule has 4 rings (SSSR count). The van der Waals surface area contributed by atoms with Crippen LogP contribution < -0.4 is 15.6 Å². The van der Waals surface area contributed by atoms with Gasteiger partial charge < -0.3 is 14.6 Å². The highest BCUT2D eigenvalue weighted by Gasteiger charge is 2.52. The maximum Gasteiger partial charge on any atom is 0.266 e. The zero-order chi connectivity index (χ0) is 26.1. The van der Waals surface area contributed by atoms with E-state index in [0.29, 0.717) is 31.2 Å². The number of hydrogen-bond donors (Lipinski definition) is 3. The van der Waals surface area contributed by atoms with Crippen LogP contribution in [0, 0.1) is 6.92 Å².